The van der Waals surface area contributed by atoms with Gasteiger partial charge in [-0.3, -0.25) is 0 Å². The number of rotatable bonds is 4. The maximum absolute atomic E-state index is 13.7. The molecular formula is C26H30N4O4S. The van der Waals surface area contributed by atoms with Crippen LogP contribution >= 0.6 is 0 Å². The highest BCUT2D eigenvalue weighted by Gasteiger charge is 2.36. The molecule has 1 fully saturated rings. The topological polar surface area (TPSA) is 95.9 Å². The van der Waals surface area contributed by atoms with E-state index < -0.39 is 10.0 Å². The van der Waals surface area contributed by atoms with Crippen molar-refractivity contribution in [3.63, 3.8) is 0 Å². The molecule has 0 unspecified atom stereocenters. The molecule has 35 heavy (non-hydrogen) atoms. The highest BCUT2D eigenvalue weighted by molar-refractivity contribution is 7.92. The van der Waals surface area contributed by atoms with Crippen LogP contribution in [0.5, 0.6) is 5.75 Å². The van der Waals surface area contributed by atoms with Crippen molar-refractivity contribution in [2.24, 2.45) is 0 Å². The van der Waals surface area contributed by atoms with Gasteiger partial charge in [-0.25, -0.2) is 17.7 Å². The van der Waals surface area contributed by atoms with Gasteiger partial charge < -0.3 is 14.7 Å². The number of phenolic OH excluding ortho intramolecular Hbond substituents is 1. The molecule has 2 aromatic carbocycles. The number of phenols is 1. The predicted octanol–water partition coefficient (Wildman–Crippen LogP) is 3.73. The predicted molar refractivity (Wildman–Crippen MR) is 136 cm³/mol. The van der Waals surface area contributed by atoms with Crippen molar-refractivity contribution in [3.05, 3.63) is 59.7 Å². The third-order valence-corrected chi connectivity index (χ3v) is 8.30. The summed E-state index contributed by atoms with van der Waals surface area (Å²) in [7, 11) is -3.82. The molecule has 1 N–H and O–H groups in total. The Kier molecular flexibility index (Phi) is 5.93. The summed E-state index contributed by atoms with van der Waals surface area (Å²) in [5.41, 5.74) is 3.14. The van der Waals surface area contributed by atoms with E-state index in [1.807, 2.05) is 23.1 Å². The van der Waals surface area contributed by atoms with Crippen molar-refractivity contribution in [3.8, 4) is 17.0 Å². The van der Waals surface area contributed by atoms with Crippen molar-refractivity contribution in [1.82, 2.24) is 9.97 Å². The molecule has 0 bridgehead atoms. The lowest BCUT2D eigenvalue weighted by Crippen LogP contribution is -2.38. The minimum atomic E-state index is -3.82. The van der Waals surface area contributed by atoms with Gasteiger partial charge in [0.05, 0.1) is 23.8 Å². The fourth-order valence-electron chi connectivity index (χ4n) is 4.50. The quantitative estimate of drug-likeness (QED) is 0.590. The SMILES string of the molecule is CC(C)(C)c1ccc(S(=O)(=O)N2CCc3c(-c4cccc(O)c4)nc(N4CCOCC4)nc32)cc1. The second-order valence-electron chi connectivity index (χ2n) is 9.93. The monoisotopic (exact) mass is 494 g/mol. The summed E-state index contributed by atoms with van der Waals surface area (Å²) in [4.78, 5) is 11.8. The Balaban J connectivity index is 1.61. The van der Waals surface area contributed by atoms with Gasteiger partial charge in [-0.2, -0.15) is 4.98 Å². The summed E-state index contributed by atoms with van der Waals surface area (Å²) in [6, 6.07) is 14.0. The van der Waals surface area contributed by atoms with Crippen LogP contribution in [0.2, 0.25) is 0 Å². The minimum absolute atomic E-state index is 0.0705. The number of aromatic nitrogens is 2. The number of nitrogens with zero attached hydrogens (tertiary/aromatic N) is 4. The van der Waals surface area contributed by atoms with Gasteiger partial charge in [0.2, 0.25) is 5.95 Å². The molecule has 0 saturated carbocycles. The standard InChI is InChI=1S/C26H30N4O4S/c1-26(2,3)19-7-9-21(10-8-19)35(32,33)30-12-11-22-23(18-5-4-6-20(31)17-18)27-25(28-24(22)30)29-13-15-34-16-14-29/h4-10,17,31H,11-16H2,1-3H3. The third kappa shape index (κ3) is 4.46. The normalized spacial score (nSPS) is 16.4. The van der Waals surface area contributed by atoms with E-state index in [1.54, 1.807) is 30.3 Å². The van der Waals surface area contributed by atoms with E-state index in [4.69, 9.17) is 14.7 Å². The van der Waals surface area contributed by atoms with Crippen LogP contribution in [0.1, 0.15) is 31.9 Å². The van der Waals surface area contributed by atoms with Gasteiger partial charge in [-0.05, 0) is 41.7 Å². The molecule has 3 heterocycles. The number of benzene rings is 2. The number of ether oxygens (including phenoxy) is 1. The van der Waals surface area contributed by atoms with Crippen LogP contribution in [0.25, 0.3) is 11.3 Å². The molecular weight excluding hydrogens is 464 g/mol. The molecule has 0 spiro atoms. The van der Waals surface area contributed by atoms with Crippen molar-refractivity contribution in [2.45, 2.75) is 37.5 Å². The number of fused-ring (bicyclic) bond motifs is 1. The molecule has 3 aromatic rings. The van der Waals surface area contributed by atoms with Crippen LogP contribution < -0.4 is 9.21 Å². The molecule has 184 valence electrons. The Morgan fingerprint density at radius 2 is 1.69 bits per heavy atom. The van der Waals surface area contributed by atoms with Gasteiger partial charge in [-0.15, -0.1) is 0 Å². The van der Waals surface area contributed by atoms with Crippen molar-refractivity contribution in [2.75, 3.05) is 42.1 Å². The molecule has 5 rings (SSSR count). The summed E-state index contributed by atoms with van der Waals surface area (Å²) in [6.07, 6.45) is 0.489. The summed E-state index contributed by atoms with van der Waals surface area (Å²) >= 11 is 0. The minimum Gasteiger partial charge on any atom is -0.508 e. The van der Waals surface area contributed by atoms with Crippen LogP contribution in [-0.4, -0.2) is 56.3 Å². The van der Waals surface area contributed by atoms with Gasteiger partial charge in [0.1, 0.15) is 5.75 Å². The number of morpholine rings is 1. The largest absolute Gasteiger partial charge is 0.508 e. The summed E-state index contributed by atoms with van der Waals surface area (Å²) in [5, 5.41) is 10.1. The average Bonchev–Trinajstić information content (AvgIpc) is 3.28. The van der Waals surface area contributed by atoms with E-state index in [0.29, 0.717) is 50.2 Å². The third-order valence-electron chi connectivity index (χ3n) is 6.50. The Labute approximate surface area is 206 Å². The second kappa shape index (κ2) is 8.80. The molecule has 0 aliphatic carbocycles. The Hall–Kier alpha value is -3.17. The van der Waals surface area contributed by atoms with Crippen LogP contribution in [0, 0.1) is 0 Å². The van der Waals surface area contributed by atoms with E-state index in [1.165, 1.54) is 4.31 Å². The fraction of sp³-hybridized carbons (Fsp3) is 0.385. The van der Waals surface area contributed by atoms with Crippen LogP contribution in [0.4, 0.5) is 11.8 Å². The zero-order valence-electron chi connectivity index (χ0n) is 20.2. The number of hydrogen-bond acceptors (Lipinski definition) is 7. The molecule has 0 atom stereocenters. The Morgan fingerprint density at radius 3 is 2.34 bits per heavy atom. The first-order chi connectivity index (χ1) is 16.6. The highest BCUT2D eigenvalue weighted by atomic mass is 32.2. The Morgan fingerprint density at radius 1 is 0.971 bits per heavy atom. The molecule has 0 radical (unpaired) electrons. The van der Waals surface area contributed by atoms with Crippen LogP contribution in [0.3, 0.4) is 0 Å². The second-order valence-corrected chi connectivity index (χ2v) is 11.8. The number of sulfonamides is 1. The molecule has 9 heteroatoms. The number of hydrogen-bond donors (Lipinski definition) is 1. The van der Waals surface area contributed by atoms with Crippen molar-refractivity contribution in [1.29, 1.82) is 0 Å². The van der Waals surface area contributed by atoms with Gasteiger partial charge >= 0.3 is 0 Å². The fourth-order valence-corrected chi connectivity index (χ4v) is 5.95. The number of aromatic hydroxyl groups is 1. The maximum atomic E-state index is 13.7. The average molecular weight is 495 g/mol. The lowest BCUT2D eigenvalue weighted by molar-refractivity contribution is 0.122. The van der Waals surface area contributed by atoms with Gasteiger partial charge in [0.15, 0.2) is 5.82 Å². The van der Waals surface area contributed by atoms with E-state index >= 15 is 0 Å². The number of anilines is 2. The first-order valence-electron chi connectivity index (χ1n) is 11.8. The van der Waals surface area contributed by atoms with E-state index in [2.05, 4.69) is 20.8 Å². The lowest BCUT2D eigenvalue weighted by Gasteiger charge is -2.28. The molecule has 2 aliphatic heterocycles. The Bertz CT molecular complexity index is 1340. The van der Waals surface area contributed by atoms with Gasteiger partial charge in [-0.1, -0.05) is 45.0 Å². The van der Waals surface area contributed by atoms with E-state index in [9.17, 15) is 13.5 Å². The first kappa shape index (κ1) is 23.6. The molecule has 1 aromatic heterocycles. The zero-order chi connectivity index (χ0) is 24.8. The van der Waals surface area contributed by atoms with Gasteiger partial charge in [0, 0.05) is 30.8 Å². The summed E-state index contributed by atoms with van der Waals surface area (Å²) in [6.45, 7) is 8.94. The van der Waals surface area contributed by atoms with E-state index in [-0.39, 0.29) is 22.6 Å². The molecule has 1 saturated heterocycles. The molecule has 2 aliphatic rings. The first-order valence-corrected chi connectivity index (χ1v) is 13.2. The smallest absolute Gasteiger partial charge is 0.265 e. The highest BCUT2D eigenvalue weighted by Crippen LogP contribution is 2.39. The van der Waals surface area contributed by atoms with Gasteiger partial charge in [0.25, 0.3) is 10.0 Å². The lowest BCUT2D eigenvalue weighted by atomic mass is 9.87. The van der Waals surface area contributed by atoms with Crippen molar-refractivity contribution >= 4 is 21.8 Å². The molecule has 0 amide bonds. The summed E-state index contributed by atoms with van der Waals surface area (Å²) in [5.74, 6) is 1.000. The van der Waals surface area contributed by atoms with E-state index in [0.717, 1.165) is 16.7 Å². The zero-order valence-corrected chi connectivity index (χ0v) is 21.0. The van der Waals surface area contributed by atoms with Crippen LogP contribution in [-0.2, 0) is 26.6 Å². The summed E-state index contributed by atoms with van der Waals surface area (Å²) < 4.78 is 34.3. The van der Waals surface area contributed by atoms with Crippen molar-refractivity contribution < 1.29 is 18.3 Å². The maximum Gasteiger partial charge on any atom is 0.265 e. The van der Waals surface area contributed by atoms with Crippen LogP contribution in [0.15, 0.2) is 53.4 Å². The molecule has 8 nitrogen and oxygen atoms in total.